The first kappa shape index (κ1) is 23.1. The summed E-state index contributed by atoms with van der Waals surface area (Å²) < 4.78 is 10.6. The number of carbonyl (C=O) groups excluding carboxylic acids is 2. The van der Waals surface area contributed by atoms with Gasteiger partial charge in [0, 0.05) is 43.0 Å². The molecule has 1 fully saturated rings. The number of aliphatic carboxylic acids is 1. The van der Waals surface area contributed by atoms with Crippen LogP contribution < -0.4 is 20.3 Å². The van der Waals surface area contributed by atoms with Gasteiger partial charge in [0.15, 0.2) is 0 Å². The van der Waals surface area contributed by atoms with Gasteiger partial charge in [-0.3, -0.25) is 14.4 Å². The topological polar surface area (TPSA) is 117 Å². The van der Waals surface area contributed by atoms with Crippen molar-refractivity contribution >= 4 is 34.8 Å². The third kappa shape index (κ3) is 6.45. The lowest BCUT2D eigenvalue weighted by molar-refractivity contribution is -0.137. The molecule has 0 radical (unpaired) electrons. The smallest absolute Gasteiger partial charge is 0.303 e. The number of rotatable bonds is 9. The number of morpholine rings is 1. The SMILES string of the molecule is COc1ccc(NC(=O)c2cc(NC(=O)CCCC(=O)O)ccc2N2CCOCC2)cc1. The minimum atomic E-state index is -0.940. The Morgan fingerprint density at radius 1 is 1.00 bits per heavy atom. The van der Waals surface area contributed by atoms with Crippen molar-refractivity contribution in [3.05, 3.63) is 48.0 Å². The first-order valence-electron chi connectivity index (χ1n) is 10.4. The van der Waals surface area contributed by atoms with Crippen molar-refractivity contribution in [3.8, 4) is 5.75 Å². The van der Waals surface area contributed by atoms with E-state index in [1.54, 1.807) is 49.6 Å². The predicted octanol–water partition coefficient (Wildman–Crippen LogP) is 2.98. The van der Waals surface area contributed by atoms with Crippen molar-refractivity contribution in [1.82, 2.24) is 0 Å². The van der Waals surface area contributed by atoms with Gasteiger partial charge < -0.3 is 30.1 Å². The van der Waals surface area contributed by atoms with E-state index in [1.165, 1.54) is 0 Å². The number of methoxy groups -OCH3 is 1. The van der Waals surface area contributed by atoms with Crippen LogP contribution in [-0.2, 0) is 14.3 Å². The molecule has 0 bridgehead atoms. The van der Waals surface area contributed by atoms with Crippen LogP contribution in [0.2, 0.25) is 0 Å². The summed E-state index contributed by atoms with van der Waals surface area (Å²) in [5.41, 5.74) is 2.27. The Balaban J connectivity index is 1.79. The van der Waals surface area contributed by atoms with Gasteiger partial charge in [-0.25, -0.2) is 0 Å². The fraction of sp³-hybridized carbons (Fsp3) is 0.348. The van der Waals surface area contributed by atoms with Crippen molar-refractivity contribution in [3.63, 3.8) is 0 Å². The zero-order valence-electron chi connectivity index (χ0n) is 17.9. The lowest BCUT2D eigenvalue weighted by Crippen LogP contribution is -2.37. The molecule has 0 atom stereocenters. The molecule has 2 aromatic carbocycles. The monoisotopic (exact) mass is 441 g/mol. The summed E-state index contributed by atoms with van der Waals surface area (Å²) in [5.74, 6) is -0.861. The molecule has 170 valence electrons. The number of hydrogen-bond donors (Lipinski definition) is 3. The second-order valence-corrected chi connectivity index (χ2v) is 7.31. The van der Waals surface area contributed by atoms with E-state index in [4.69, 9.17) is 14.6 Å². The van der Waals surface area contributed by atoms with Gasteiger partial charge in [0.1, 0.15) is 5.75 Å². The van der Waals surface area contributed by atoms with Crippen molar-refractivity contribution < 1.29 is 29.0 Å². The Labute approximate surface area is 186 Å². The van der Waals surface area contributed by atoms with Gasteiger partial charge in [-0.2, -0.15) is 0 Å². The van der Waals surface area contributed by atoms with Crippen LogP contribution in [0.3, 0.4) is 0 Å². The predicted molar refractivity (Wildman–Crippen MR) is 121 cm³/mol. The molecule has 9 heteroatoms. The van der Waals surface area contributed by atoms with Gasteiger partial charge >= 0.3 is 5.97 Å². The first-order chi connectivity index (χ1) is 15.5. The molecule has 2 aromatic rings. The lowest BCUT2D eigenvalue weighted by Gasteiger charge is -2.30. The zero-order chi connectivity index (χ0) is 22.9. The van der Waals surface area contributed by atoms with Crippen LogP contribution in [-0.4, -0.2) is 56.3 Å². The Bertz CT molecular complexity index is 955. The molecule has 3 rings (SSSR count). The Morgan fingerprint density at radius 3 is 2.34 bits per heavy atom. The van der Waals surface area contributed by atoms with Crippen LogP contribution >= 0.6 is 0 Å². The number of benzene rings is 2. The number of ether oxygens (including phenoxy) is 2. The third-order valence-corrected chi connectivity index (χ3v) is 5.02. The normalized spacial score (nSPS) is 13.3. The Kier molecular flexibility index (Phi) is 8.04. The van der Waals surface area contributed by atoms with Crippen molar-refractivity contribution in [2.75, 3.05) is 48.9 Å². The maximum atomic E-state index is 13.1. The van der Waals surface area contributed by atoms with Gasteiger partial charge in [-0.1, -0.05) is 0 Å². The molecular formula is C23H27N3O6. The molecule has 0 saturated carbocycles. The number of hydrogen-bond acceptors (Lipinski definition) is 6. The maximum Gasteiger partial charge on any atom is 0.303 e. The maximum absolute atomic E-state index is 13.1. The van der Waals surface area contributed by atoms with E-state index < -0.39 is 5.97 Å². The lowest BCUT2D eigenvalue weighted by atomic mass is 10.1. The van der Waals surface area contributed by atoms with E-state index in [-0.39, 0.29) is 31.1 Å². The van der Waals surface area contributed by atoms with Crippen molar-refractivity contribution in [1.29, 1.82) is 0 Å². The molecule has 3 N–H and O–H groups in total. The molecule has 1 aliphatic heterocycles. The average Bonchev–Trinajstić information content (AvgIpc) is 2.80. The minimum Gasteiger partial charge on any atom is -0.497 e. The number of nitrogens with zero attached hydrogens (tertiary/aromatic N) is 1. The molecule has 0 aliphatic carbocycles. The number of carboxylic acid groups (broad SMARTS) is 1. The van der Waals surface area contributed by atoms with Gasteiger partial charge in [-0.05, 0) is 48.9 Å². The summed E-state index contributed by atoms with van der Waals surface area (Å²) in [6.07, 6.45) is 0.266. The molecule has 0 aromatic heterocycles. The number of nitrogens with one attached hydrogen (secondary N) is 2. The summed E-state index contributed by atoms with van der Waals surface area (Å²) in [5, 5.41) is 14.4. The fourth-order valence-electron chi connectivity index (χ4n) is 3.37. The molecule has 1 aliphatic rings. The number of anilines is 3. The van der Waals surface area contributed by atoms with Gasteiger partial charge in [0.25, 0.3) is 5.91 Å². The highest BCUT2D eigenvalue weighted by atomic mass is 16.5. The largest absolute Gasteiger partial charge is 0.497 e. The second-order valence-electron chi connectivity index (χ2n) is 7.31. The van der Waals surface area contributed by atoms with Crippen LogP contribution in [0, 0.1) is 0 Å². The number of carbonyl (C=O) groups is 3. The highest BCUT2D eigenvalue weighted by Crippen LogP contribution is 2.27. The third-order valence-electron chi connectivity index (χ3n) is 5.02. The minimum absolute atomic E-state index is 0.0705. The van der Waals surface area contributed by atoms with Crippen molar-refractivity contribution in [2.45, 2.75) is 19.3 Å². The van der Waals surface area contributed by atoms with E-state index in [0.29, 0.717) is 49.0 Å². The van der Waals surface area contributed by atoms with E-state index in [2.05, 4.69) is 15.5 Å². The van der Waals surface area contributed by atoms with Crippen LogP contribution in [0.25, 0.3) is 0 Å². The molecule has 9 nitrogen and oxygen atoms in total. The van der Waals surface area contributed by atoms with Gasteiger partial charge in [-0.15, -0.1) is 0 Å². The first-order valence-corrected chi connectivity index (χ1v) is 10.4. The molecule has 32 heavy (non-hydrogen) atoms. The summed E-state index contributed by atoms with van der Waals surface area (Å²) in [6.45, 7) is 2.45. The van der Waals surface area contributed by atoms with Gasteiger partial charge in [0.05, 0.1) is 25.9 Å². The fourth-order valence-corrected chi connectivity index (χ4v) is 3.37. The number of amides is 2. The highest BCUT2D eigenvalue weighted by molar-refractivity contribution is 6.09. The Hall–Kier alpha value is -3.59. The molecule has 0 unspecified atom stereocenters. The molecule has 2 amide bonds. The van der Waals surface area contributed by atoms with Crippen LogP contribution in [0.15, 0.2) is 42.5 Å². The van der Waals surface area contributed by atoms with E-state index >= 15 is 0 Å². The molecule has 1 saturated heterocycles. The standard InChI is InChI=1S/C23H27N3O6/c1-31-18-8-5-16(6-9-18)25-23(30)19-15-17(24-21(27)3-2-4-22(28)29)7-10-20(19)26-11-13-32-14-12-26/h5-10,15H,2-4,11-14H2,1H3,(H,24,27)(H,25,30)(H,28,29). The highest BCUT2D eigenvalue weighted by Gasteiger charge is 2.20. The second kappa shape index (κ2) is 11.1. The summed E-state index contributed by atoms with van der Waals surface area (Å²) in [4.78, 5) is 38.0. The van der Waals surface area contributed by atoms with E-state index in [1.807, 2.05) is 0 Å². The van der Waals surface area contributed by atoms with Crippen molar-refractivity contribution in [2.24, 2.45) is 0 Å². The zero-order valence-corrected chi connectivity index (χ0v) is 17.9. The summed E-state index contributed by atoms with van der Waals surface area (Å²) in [6, 6.07) is 12.2. The quantitative estimate of drug-likeness (QED) is 0.548. The summed E-state index contributed by atoms with van der Waals surface area (Å²) in [7, 11) is 1.57. The van der Waals surface area contributed by atoms with Crippen LogP contribution in [0.5, 0.6) is 5.75 Å². The van der Waals surface area contributed by atoms with Crippen LogP contribution in [0.4, 0.5) is 17.1 Å². The average molecular weight is 441 g/mol. The number of carboxylic acids is 1. The summed E-state index contributed by atoms with van der Waals surface area (Å²) >= 11 is 0. The van der Waals surface area contributed by atoms with E-state index in [0.717, 1.165) is 5.69 Å². The molecule has 0 spiro atoms. The Morgan fingerprint density at radius 2 is 1.69 bits per heavy atom. The molecule has 1 heterocycles. The molecular weight excluding hydrogens is 414 g/mol. The van der Waals surface area contributed by atoms with E-state index in [9.17, 15) is 14.4 Å². The van der Waals surface area contributed by atoms with Crippen LogP contribution in [0.1, 0.15) is 29.6 Å². The van der Waals surface area contributed by atoms with Gasteiger partial charge in [0.2, 0.25) is 5.91 Å².